The van der Waals surface area contributed by atoms with Gasteiger partial charge in [-0.25, -0.2) is 4.98 Å². The van der Waals surface area contributed by atoms with Gasteiger partial charge in [0, 0.05) is 23.9 Å². The van der Waals surface area contributed by atoms with Gasteiger partial charge in [-0.15, -0.1) is 11.3 Å². The maximum Gasteiger partial charge on any atom is 0.257 e. The van der Waals surface area contributed by atoms with Gasteiger partial charge in [0.2, 0.25) is 5.91 Å². The molecule has 2 N–H and O–H groups in total. The normalized spacial score (nSPS) is 16.3. The molecule has 2 amide bonds. The second-order valence-corrected chi connectivity index (χ2v) is 7.38. The third kappa shape index (κ3) is 4.00. The lowest BCUT2D eigenvalue weighted by Crippen LogP contribution is -2.19. The summed E-state index contributed by atoms with van der Waals surface area (Å²) >= 11 is 1.59. The van der Waals surface area contributed by atoms with E-state index in [9.17, 15) is 9.59 Å². The number of hydrogen-bond donors (Lipinski definition) is 2. The molecule has 1 aliphatic rings. The van der Waals surface area contributed by atoms with E-state index in [4.69, 9.17) is 0 Å². The number of carbonyl (C=O) groups excluding carboxylic acids is 2. The number of nitrogens with one attached hydrogen (secondary N) is 2. The summed E-state index contributed by atoms with van der Waals surface area (Å²) in [5.41, 5.74) is 2.68. The molecule has 24 heavy (non-hydrogen) atoms. The van der Waals surface area contributed by atoms with Crippen molar-refractivity contribution >= 4 is 28.3 Å². The van der Waals surface area contributed by atoms with Crippen molar-refractivity contribution in [2.45, 2.75) is 39.7 Å². The van der Waals surface area contributed by atoms with Crippen molar-refractivity contribution < 1.29 is 9.59 Å². The summed E-state index contributed by atoms with van der Waals surface area (Å²) in [5.74, 6) is 0.469. The molecule has 0 saturated heterocycles. The fourth-order valence-electron chi connectivity index (χ4n) is 2.76. The Bertz CT molecular complexity index is 752. The first kappa shape index (κ1) is 16.6. The van der Waals surface area contributed by atoms with E-state index in [1.807, 2.05) is 12.1 Å². The maximum atomic E-state index is 12.4. The first-order valence-electron chi connectivity index (χ1n) is 8.14. The van der Waals surface area contributed by atoms with E-state index in [1.165, 1.54) is 18.2 Å². The minimum absolute atomic E-state index is 0.0705. The minimum atomic E-state index is -0.153. The Balaban J connectivity index is 1.63. The van der Waals surface area contributed by atoms with Gasteiger partial charge in [-0.3, -0.25) is 14.9 Å². The Hall–Kier alpha value is -2.21. The van der Waals surface area contributed by atoms with Gasteiger partial charge in [-0.2, -0.15) is 0 Å². The molecule has 0 saturated carbocycles. The molecular formula is C18H21N3O2S. The molecule has 5 nitrogen and oxygen atoms in total. The first-order chi connectivity index (χ1) is 11.5. The number of hydrogen-bond acceptors (Lipinski definition) is 4. The molecule has 3 rings (SSSR count). The highest BCUT2D eigenvalue weighted by atomic mass is 32.1. The van der Waals surface area contributed by atoms with Crippen molar-refractivity contribution in [1.82, 2.24) is 10.3 Å². The summed E-state index contributed by atoms with van der Waals surface area (Å²) in [6.07, 6.45) is 3.22. The molecule has 0 spiro atoms. The lowest BCUT2D eigenvalue weighted by Gasteiger charge is -2.15. The number of aromatic nitrogens is 1. The van der Waals surface area contributed by atoms with E-state index in [1.54, 1.807) is 23.5 Å². The molecule has 2 aromatic rings. The average Bonchev–Trinajstić information content (AvgIpc) is 2.94. The number of aryl methyl sites for hydroxylation is 1. The molecule has 126 valence electrons. The van der Waals surface area contributed by atoms with Crippen LogP contribution >= 0.6 is 11.3 Å². The number of anilines is 1. The number of benzene rings is 1. The molecule has 1 atom stereocenters. The Labute approximate surface area is 145 Å². The summed E-state index contributed by atoms with van der Waals surface area (Å²) < 4.78 is 0. The van der Waals surface area contributed by atoms with Crippen LogP contribution in [0.15, 0.2) is 24.3 Å². The lowest BCUT2D eigenvalue weighted by atomic mass is 9.93. The molecular weight excluding hydrogens is 322 g/mol. The molecule has 0 radical (unpaired) electrons. The van der Waals surface area contributed by atoms with E-state index >= 15 is 0 Å². The molecule has 1 heterocycles. The molecule has 1 aliphatic carbocycles. The predicted octanol–water partition coefficient (Wildman–Crippen LogP) is 3.16. The highest BCUT2D eigenvalue weighted by molar-refractivity contribution is 7.15. The molecule has 1 aromatic heterocycles. The van der Waals surface area contributed by atoms with Crippen molar-refractivity contribution in [1.29, 1.82) is 0 Å². The van der Waals surface area contributed by atoms with Crippen LogP contribution in [0.4, 0.5) is 5.13 Å². The van der Waals surface area contributed by atoms with Crippen molar-refractivity contribution in [3.8, 4) is 0 Å². The van der Waals surface area contributed by atoms with Crippen molar-refractivity contribution in [3.05, 3.63) is 46.0 Å². The van der Waals surface area contributed by atoms with Gasteiger partial charge in [-0.05, 0) is 42.9 Å². The summed E-state index contributed by atoms with van der Waals surface area (Å²) in [6.45, 7) is 4.20. The van der Waals surface area contributed by atoms with Gasteiger partial charge < -0.3 is 5.32 Å². The smallest absolute Gasteiger partial charge is 0.257 e. The molecule has 6 heteroatoms. The van der Waals surface area contributed by atoms with Crippen LogP contribution in [-0.2, 0) is 24.2 Å². The van der Waals surface area contributed by atoms with Gasteiger partial charge in [0.25, 0.3) is 5.91 Å². The van der Waals surface area contributed by atoms with E-state index in [0.717, 1.165) is 24.1 Å². The van der Waals surface area contributed by atoms with Crippen molar-refractivity contribution in [3.63, 3.8) is 0 Å². The zero-order chi connectivity index (χ0) is 17.1. The topological polar surface area (TPSA) is 71.1 Å². The summed E-state index contributed by atoms with van der Waals surface area (Å²) in [7, 11) is 0. The van der Waals surface area contributed by atoms with Crippen LogP contribution in [0.2, 0.25) is 0 Å². The number of nitrogens with zero attached hydrogens (tertiary/aromatic N) is 1. The summed E-state index contributed by atoms with van der Waals surface area (Å²) in [4.78, 5) is 29.1. The van der Waals surface area contributed by atoms with Crippen LogP contribution in [-0.4, -0.2) is 16.8 Å². The highest BCUT2D eigenvalue weighted by Crippen LogP contribution is 2.32. The number of fused-ring (bicyclic) bond motifs is 1. The molecule has 0 bridgehead atoms. The summed E-state index contributed by atoms with van der Waals surface area (Å²) in [6, 6.07) is 7.23. The van der Waals surface area contributed by atoms with Crippen LogP contribution in [0.3, 0.4) is 0 Å². The standard InChI is InChI=1S/C18H21N3O2S/c1-11-3-8-15-16(9-11)24-18(20-15)21-17(23)14-6-4-13(5-7-14)10-19-12(2)22/h4-7,11H,3,8-10H2,1-2H3,(H,19,22)(H,20,21,23). The Kier molecular flexibility index (Phi) is 4.94. The zero-order valence-corrected chi connectivity index (χ0v) is 14.7. The fraction of sp³-hybridized carbons (Fsp3) is 0.389. The van der Waals surface area contributed by atoms with Gasteiger partial charge in [0.05, 0.1) is 5.69 Å². The molecule has 0 aliphatic heterocycles. The Morgan fingerprint density at radius 1 is 1.29 bits per heavy atom. The molecule has 0 fully saturated rings. The number of rotatable bonds is 4. The SMILES string of the molecule is CC(=O)NCc1ccc(C(=O)Nc2nc3c(s2)CC(C)CC3)cc1. The van der Waals surface area contributed by atoms with Gasteiger partial charge in [0.1, 0.15) is 0 Å². The molecule has 1 aromatic carbocycles. The minimum Gasteiger partial charge on any atom is -0.352 e. The monoisotopic (exact) mass is 343 g/mol. The van der Waals surface area contributed by atoms with Gasteiger partial charge >= 0.3 is 0 Å². The zero-order valence-electron chi connectivity index (χ0n) is 13.9. The van der Waals surface area contributed by atoms with E-state index in [2.05, 4.69) is 22.5 Å². The third-order valence-corrected chi connectivity index (χ3v) is 5.20. The summed E-state index contributed by atoms with van der Waals surface area (Å²) in [5, 5.41) is 6.31. The number of carbonyl (C=O) groups is 2. The van der Waals surface area contributed by atoms with Gasteiger partial charge in [0.15, 0.2) is 5.13 Å². The molecule has 1 unspecified atom stereocenters. The predicted molar refractivity (Wildman–Crippen MR) is 95.2 cm³/mol. The second-order valence-electron chi connectivity index (χ2n) is 6.30. The van der Waals surface area contributed by atoms with Gasteiger partial charge in [-0.1, -0.05) is 19.1 Å². The maximum absolute atomic E-state index is 12.4. The number of amides is 2. The van der Waals surface area contributed by atoms with Crippen LogP contribution < -0.4 is 10.6 Å². The average molecular weight is 343 g/mol. The van der Waals surface area contributed by atoms with Crippen LogP contribution in [0.25, 0.3) is 0 Å². The van der Waals surface area contributed by atoms with Crippen molar-refractivity contribution in [2.75, 3.05) is 5.32 Å². The van der Waals surface area contributed by atoms with E-state index in [-0.39, 0.29) is 11.8 Å². The van der Waals surface area contributed by atoms with Crippen LogP contribution in [0.1, 0.15) is 46.8 Å². The van der Waals surface area contributed by atoms with Crippen molar-refractivity contribution in [2.24, 2.45) is 5.92 Å². The third-order valence-electron chi connectivity index (χ3n) is 4.16. The van der Waals surface area contributed by atoms with E-state index in [0.29, 0.717) is 23.2 Å². The fourth-order valence-corrected chi connectivity index (χ4v) is 3.93. The number of thiazole rings is 1. The van der Waals surface area contributed by atoms with Crippen LogP contribution in [0, 0.1) is 5.92 Å². The lowest BCUT2D eigenvalue weighted by molar-refractivity contribution is -0.119. The second kappa shape index (κ2) is 7.13. The largest absolute Gasteiger partial charge is 0.352 e. The first-order valence-corrected chi connectivity index (χ1v) is 8.96. The quantitative estimate of drug-likeness (QED) is 0.896. The highest BCUT2D eigenvalue weighted by Gasteiger charge is 2.20. The van der Waals surface area contributed by atoms with Crippen LogP contribution in [0.5, 0.6) is 0 Å². The Morgan fingerprint density at radius 2 is 2.04 bits per heavy atom. The Morgan fingerprint density at radius 3 is 2.75 bits per heavy atom. The van der Waals surface area contributed by atoms with E-state index < -0.39 is 0 Å².